The molecule has 1 aromatic carbocycles. The minimum atomic E-state index is -0.704. The molecule has 0 saturated heterocycles. The highest BCUT2D eigenvalue weighted by molar-refractivity contribution is 5.93. The molecular formula is C16H20N2O. The highest BCUT2D eigenvalue weighted by Gasteiger charge is 2.29. The van der Waals surface area contributed by atoms with Gasteiger partial charge in [0.15, 0.2) is 5.78 Å². The highest BCUT2D eigenvalue weighted by Crippen LogP contribution is 2.20. The fourth-order valence-corrected chi connectivity index (χ4v) is 2.30. The molecule has 1 heterocycles. The number of benzene rings is 1. The monoisotopic (exact) mass is 256 g/mol. The summed E-state index contributed by atoms with van der Waals surface area (Å²) in [6.07, 6.45) is 3.47. The van der Waals surface area contributed by atoms with Crippen molar-refractivity contribution in [3.63, 3.8) is 0 Å². The van der Waals surface area contributed by atoms with Crippen LogP contribution in [-0.4, -0.2) is 16.3 Å². The van der Waals surface area contributed by atoms with E-state index in [1.807, 2.05) is 44.2 Å². The molecule has 1 aromatic heterocycles. The fraction of sp³-hybridized carbons (Fsp3) is 0.375. The highest BCUT2D eigenvalue weighted by atomic mass is 16.1. The van der Waals surface area contributed by atoms with Crippen molar-refractivity contribution in [2.75, 3.05) is 0 Å². The summed E-state index contributed by atoms with van der Waals surface area (Å²) < 4.78 is 0. The number of hydrogen-bond donors (Lipinski definition) is 1. The third-order valence-electron chi connectivity index (χ3n) is 3.91. The van der Waals surface area contributed by atoms with Crippen LogP contribution in [0.15, 0.2) is 36.5 Å². The first-order valence-electron chi connectivity index (χ1n) is 6.75. The molecule has 0 aliphatic rings. The number of ketones is 1. The van der Waals surface area contributed by atoms with Crippen molar-refractivity contribution in [3.8, 4) is 0 Å². The molecule has 0 amide bonds. The van der Waals surface area contributed by atoms with E-state index in [-0.39, 0.29) is 5.78 Å². The predicted octanol–water partition coefficient (Wildman–Crippen LogP) is 2.86. The van der Waals surface area contributed by atoms with Crippen molar-refractivity contribution in [2.45, 2.75) is 38.6 Å². The van der Waals surface area contributed by atoms with Gasteiger partial charge in [-0.1, -0.05) is 32.0 Å². The minimum absolute atomic E-state index is 0.105. The molecule has 0 radical (unpaired) electrons. The van der Waals surface area contributed by atoms with Crippen LogP contribution in [-0.2, 0) is 11.2 Å². The summed E-state index contributed by atoms with van der Waals surface area (Å²) in [7, 11) is 0. The Morgan fingerprint density at radius 1 is 1.21 bits per heavy atom. The van der Waals surface area contributed by atoms with Gasteiger partial charge in [0.2, 0.25) is 0 Å². The number of nitrogens with zero attached hydrogens (tertiary/aromatic N) is 1. The van der Waals surface area contributed by atoms with E-state index in [1.54, 1.807) is 6.20 Å². The number of hydrogen-bond acceptors (Lipinski definition) is 3. The van der Waals surface area contributed by atoms with Crippen molar-refractivity contribution in [2.24, 2.45) is 5.73 Å². The van der Waals surface area contributed by atoms with Crippen LogP contribution < -0.4 is 5.73 Å². The zero-order valence-electron chi connectivity index (χ0n) is 11.5. The molecule has 0 fully saturated rings. The van der Waals surface area contributed by atoms with Gasteiger partial charge in [-0.2, -0.15) is 0 Å². The fourth-order valence-electron chi connectivity index (χ4n) is 2.30. The third-order valence-corrected chi connectivity index (χ3v) is 3.91. The summed E-state index contributed by atoms with van der Waals surface area (Å²) >= 11 is 0. The van der Waals surface area contributed by atoms with Gasteiger partial charge < -0.3 is 5.73 Å². The summed E-state index contributed by atoms with van der Waals surface area (Å²) in [5.41, 5.74) is 7.39. The summed E-state index contributed by atoms with van der Waals surface area (Å²) in [5.74, 6) is 0.105. The second-order valence-electron chi connectivity index (χ2n) is 4.95. The van der Waals surface area contributed by atoms with E-state index < -0.39 is 5.54 Å². The molecule has 0 atom stereocenters. The van der Waals surface area contributed by atoms with E-state index >= 15 is 0 Å². The summed E-state index contributed by atoms with van der Waals surface area (Å²) in [5, 5.41) is 1.04. The molecule has 2 aromatic rings. The number of fused-ring (bicyclic) bond motifs is 1. The lowest BCUT2D eigenvalue weighted by Crippen LogP contribution is -2.47. The summed E-state index contributed by atoms with van der Waals surface area (Å²) in [6.45, 7) is 3.93. The maximum absolute atomic E-state index is 12.4. The zero-order chi connectivity index (χ0) is 13.9. The predicted molar refractivity (Wildman–Crippen MR) is 78.0 cm³/mol. The lowest BCUT2D eigenvalue weighted by molar-refractivity contribution is -0.123. The Morgan fingerprint density at radius 3 is 2.58 bits per heavy atom. The molecule has 3 heteroatoms. The van der Waals surface area contributed by atoms with E-state index in [0.29, 0.717) is 19.3 Å². The first-order valence-corrected chi connectivity index (χ1v) is 6.75. The van der Waals surface area contributed by atoms with Crippen molar-refractivity contribution >= 4 is 16.7 Å². The van der Waals surface area contributed by atoms with Crippen LogP contribution in [0.1, 0.15) is 32.3 Å². The average molecular weight is 256 g/mol. The van der Waals surface area contributed by atoms with Gasteiger partial charge in [-0.05, 0) is 30.5 Å². The van der Waals surface area contributed by atoms with Crippen LogP contribution in [0.2, 0.25) is 0 Å². The number of pyridine rings is 1. The molecule has 0 aliphatic carbocycles. The standard InChI is InChI=1S/C16H20N2O/c1-3-16(17,4-2)15(19)11-12-9-10-18-14-8-6-5-7-13(12)14/h5-10H,3-4,11,17H2,1-2H3. The number of aromatic nitrogens is 1. The molecule has 2 N–H and O–H groups in total. The number of carbonyl (C=O) groups is 1. The maximum Gasteiger partial charge on any atom is 0.156 e. The van der Waals surface area contributed by atoms with Crippen LogP contribution in [0.5, 0.6) is 0 Å². The second kappa shape index (κ2) is 5.49. The Bertz CT molecular complexity index is 583. The van der Waals surface area contributed by atoms with E-state index in [0.717, 1.165) is 16.5 Å². The molecular weight excluding hydrogens is 236 g/mol. The van der Waals surface area contributed by atoms with Crippen molar-refractivity contribution < 1.29 is 4.79 Å². The summed E-state index contributed by atoms with van der Waals surface area (Å²) in [4.78, 5) is 16.7. The quantitative estimate of drug-likeness (QED) is 0.895. The Balaban J connectivity index is 2.34. The lowest BCUT2D eigenvalue weighted by Gasteiger charge is -2.25. The number of rotatable bonds is 5. The van der Waals surface area contributed by atoms with E-state index in [4.69, 9.17) is 5.73 Å². The Labute approximate surface area is 113 Å². The van der Waals surface area contributed by atoms with Crippen LogP contribution >= 0.6 is 0 Å². The SMILES string of the molecule is CCC(N)(CC)C(=O)Cc1ccnc2ccccc12. The number of Topliss-reactive ketones (excluding diaryl/α,β-unsaturated/α-hetero) is 1. The first-order chi connectivity index (χ1) is 9.10. The van der Waals surface area contributed by atoms with Crippen LogP contribution in [0.4, 0.5) is 0 Å². The third kappa shape index (κ3) is 2.66. The van der Waals surface area contributed by atoms with Crippen molar-refractivity contribution in [3.05, 3.63) is 42.1 Å². The van der Waals surface area contributed by atoms with Crippen LogP contribution in [0.3, 0.4) is 0 Å². The molecule has 0 spiro atoms. The molecule has 0 bridgehead atoms. The van der Waals surface area contributed by atoms with E-state index in [2.05, 4.69) is 4.98 Å². The zero-order valence-corrected chi connectivity index (χ0v) is 11.5. The molecule has 2 rings (SSSR count). The smallest absolute Gasteiger partial charge is 0.156 e. The van der Waals surface area contributed by atoms with Crippen LogP contribution in [0.25, 0.3) is 10.9 Å². The van der Waals surface area contributed by atoms with Gasteiger partial charge >= 0.3 is 0 Å². The normalized spacial score (nSPS) is 11.7. The Hall–Kier alpha value is -1.74. The molecule has 0 unspecified atom stereocenters. The van der Waals surface area contributed by atoms with Gasteiger partial charge in [-0.15, -0.1) is 0 Å². The Morgan fingerprint density at radius 2 is 1.89 bits per heavy atom. The number of nitrogens with two attached hydrogens (primary N) is 1. The van der Waals surface area contributed by atoms with Gasteiger partial charge in [-0.25, -0.2) is 0 Å². The minimum Gasteiger partial charge on any atom is -0.319 e. The molecule has 0 aliphatic heterocycles. The van der Waals surface area contributed by atoms with Crippen LogP contribution in [0, 0.1) is 0 Å². The number of para-hydroxylation sites is 1. The van der Waals surface area contributed by atoms with Crippen molar-refractivity contribution in [1.82, 2.24) is 4.98 Å². The maximum atomic E-state index is 12.4. The van der Waals surface area contributed by atoms with Gasteiger partial charge in [0, 0.05) is 18.0 Å². The van der Waals surface area contributed by atoms with E-state index in [9.17, 15) is 4.79 Å². The molecule has 100 valence electrons. The number of carbonyl (C=O) groups excluding carboxylic acids is 1. The molecule has 0 saturated carbocycles. The molecule has 19 heavy (non-hydrogen) atoms. The van der Waals surface area contributed by atoms with E-state index in [1.165, 1.54) is 0 Å². The van der Waals surface area contributed by atoms with Gasteiger partial charge in [0.1, 0.15) is 0 Å². The lowest BCUT2D eigenvalue weighted by atomic mass is 9.85. The van der Waals surface area contributed by atoms with Gasteiger partial charge in [0.25, 0.3) is 0 Å². The van der Waals surface area contributed by atoms with Gasteiger partial charge in [-0.3, -0.25) is 9.78 Å². The van der Waals surface area contributed by atoms with Gasteiger partial charge in [0.05, 0.1) is 11.1 Å². The summed E-state index contributed by atoms with van der Waals surface area (Å²) in [6, 6.07) is 9.78. The Kier molecular flexibility index (Phi) is 3.96. The average Bonchev–Trinajstić information content (AvgIpc) is 2.46. The topological polar surface area (TPSA) is 56.0 Å². The largest absolute Gasteiger partial charge is 0.319 e. The second-order valence-corrected chi connectivity index (χ2v) is 4.95. The first kappa shape index (κ1) is 13.7. The molecule has 3 nitrogen and oxygen atoms in total. The van der Waals surface area contributed by atoms with Crippen molar-refractivity contribution in [1.29, 1.82) is 0 Å².